The van der Waals surface area contributed by atoms with Crippen molar-refractivity contribution in [3.05, 3.63) is 22.7 Å². The van der Waals surface area contributed by atoms with Crippen LogP contribution in [0.3, 0.4) is 0 Å². The minimum absolute atomic E-state index is 0.0244. The SMILES string of the molecule is CS(=O)(=O)CC=CC(N)=NC1CCc2nc(N)sc2C1. The second-order valence-corrected chi connectivity index (χ2v) is 8.17. The number of fused-ring (bicyclic) bond motifs is 1. The van der Waals surface area contributed by atoms with Crippen LogP contribution in [0.25, 0.3) is 0 Å². The van der Waals surface area contributed by atoms with Gasteiger partial charge in [-0.25, -0.2) is 13.4 Å². The van der Waals surface area contributed by atoms with Gasteiger partial charge in [-0.3, -0.25) is 4.99 Å². The monoisotopic (exact) mass is 314 g/mol. The molecule has 1 heterocycles. The maximum Gasteiger partial charge on any atom is 0.180 e. The van der Waals surface area contributed by atoms with Crippen LogP contribution in [0.5, 0.6) is 0 Å². The van der Waals surface area contributed by atoms with E-state index in [1.165, 1.54) is 28.5 Å². The number of rotatable bonds is 4. The van der Waals surface area contributed by atoms with E-state index in [1.807, 2.05) is 0 Å². The van der Waals surface area contributed by atoms with Crippen molar-refractivity contribution in [3.63, 3.8) is 0 Å². The van der Waals surface area contributed by atoms with Gasteiger partial charge in [-0.2, -0.15) is 0 Å². The lowest BCUT2D eigenvalue weighted by Crippen LogP contribution is -2.20. The first-order valence-corrected chi connectivity index (χ1v) is 9.13. The van der Waals surface area contributed by atoms with Crippen molar-refractivity contribution in [1.82, 2.24) is 4.98 Å². The van der Waals surface area contributed by atoms with E-state index in [0.717, 1.165) is 25.0 Å². The largest absolute Gasteiger partial charge is 0.384 e. The molecule has 1 unspecified atom stereocenters. The van der Waals surface area contributed by atoms with Crippen LogP contribution in [0.1, 0.15) is 17.0 Å². The van der Waals surface area contributed by atoms with Gasteiger partial charge < -0.3 is 11.5 Å². The van der Waals surface area contributed by atoms with Crippen molar-refractivity contribution in [1.29, 1.82) is 0 Å². The molecular weight excluding hydrogens is 296 g/mol. The highest BCUT2D eigenvalue weighted by Crippen LogP contribution is 2.29. The first kappa shape index (κ1) is 15.0. The Morgan fingerprint density at radius 2 is 2.35 bits per heavy atom. The summed E-state index contributed by atoms with van der Waals surface area (Å²) in [5.41, 5.74) is 12.6. The van der Waals surface area contributed by atoms with Crippen molar-refractivity contribution in [2.45, 2.75) is 25.3 Å². The molecule has 0 spiro atoms. The summed E-state index contributed by atoms with van der Waals surface area (Å²) in [4.78, 5) is 9.87. The van der Waals surface area contributed by atoms with Gasteiger partial charge in [0, 0.05) is 17.6 Å². The van der Waals surface area contributed by atoms with Crippen LogP contribution in [0, 0.1) is 0 Å². The van der Waals surface area contributed by atoms with Crippen LogP contribution in [0.4, 0.5) is 5.13 Å². The van der Waals surface area contributed by atoms with Crippen LogP contribution in [0.15, 0.2) is 17.1 Å². The lowest BCUT2D eigenvalue weighted by Gasteiger charge is -2.17. The number of hydrogen-bond acceptors (Lipinski definition) is 6. The average Bonchev–Trinajstić information content (AvgIpc) is 2.66. The van der Waals surface area contributed by atoms with Gasteiger partial charge in [-0.1, -0.05) is 6.08 Å². The van der Waals surface area contributed by atoms with Gasteiger partial charge in [-0.15, -0.1) is 11.3 Å². The van der Waals surface area contributed by atoms with E-state index >= 15 is 0 Å². The Hall–Kier alpha value is -1.41. The van der Waals surface area contributed by atoms with Gasteiger partial charge in [0.15, 0.2) is 15.0 Å². The molecule has 0 aliphatic heterocycles. The van der Waals surface area contributed by atoms with Gasteiger partial charge in [-0.05, 0) is 18.9 Å². The van der Waals surface area contributed by atoms with Crippen LogP contribution >= 0.6 is 11.3 Å². The van der Waals surface area contributed by atoms with E-state index in [9.17, 15) is 8.42 Å². The zero-order valence-corrected chi connectivity index (χ0v) is 12.9. The fourth-order valence-electron chi connectivity index (χ4n) is 2.09. The first-order valence-electron chi connectivity index (χ1n) is 6.25. The number of nitrogens with two attached hydrogens (primary N) is 2. The number of aromatic nitrogens is 1. The molecular formula is C12H18N4O2S2. The second-order valence-electron chi connectivity index (χ2n) is 4.87. The van der Waals surface area contributed by atoms with Crippen LogP contribution in [-0.2, 0) is 22.7 Å². The minimum atomic E-state index is -3.01. The van der Waals surface area contributed by atoms with E-state index in [2.05, 4.69) is 9.98 Å². The lowest BCUT2D eigenvalue weighted by molar-refractivity contribution is 0.579. The molecule has 1 aromatic rings. The number of aryl methyl sites for hydroxylation is 1. The second kappa shape index (κ2) is 5.92. The van der Waals surface area contributed by atoms with E-state index in [1.54, 1.807) is 6.08 Å². The maximum atomic E-state index is 11.0. The Bertz CT molecular complexity index is 646. The lowest BCUT2D eigenvalue weighted by atomic mass is 9.98. The number of amidine groups is 1. The van der Waals surface area contributed by atoms with Crippen molar-refractivity contribution in [2.24, 2.45) is 10.7 Å². The first-order chi connectivity index (χ1) is 9.33. The number of nitrogen functional groups attached to an aromatic ring is 1. The molecule has 110 valence electrons. The van der Waals surface area contributed by atoms with Crippen molar-refractivity contribution >= 4 is 32.1 Å². The van der Waals surface area contributed by atoms with Gasteiger partial charge >= 0.3 is 0 Å². The molecule has 0 saturated carbocycles. The highest BCUT2D eigenvalue weighted by atomic mass is 32.2. The molecule has 1 aromatic heterocycles. The van der Waals surface area contributed by atoms with Crippen molar-refractivity contribution < 1.29 is 8.42 Å². The fraction of sp³-hybridized carbons (Fsp3) is 0.500. The van der Waals surface area contributed by atoms with E-state index in [-0.39, 0.29) is 11.8 Å². The number of nitrogens with zero attached hydrogens (tertiary/aromatic N) is 2. The van der Waals surface area contributed by atoms with Gasteiger partial charge in [0.25, 0.3) is 0 Å². The summed E-state index contributed by atoms with van der Waals surface area (Å²) in [6.07, 6.45) is 6.80. The number of thiazole rings is 1. The maximum absolute atomic E-state index is 11.0. The Balaban J connectivity index is 1.98. The molecule has 8 heteroatoms. The van der Waals surface area contributed by atoms with Gasteiger partial charge in [0.05, 0.1) is 17.5 Å². The minimum Gasteiger partial charge on any atom is -0.384 e. The molecule has 0 saturated heterocycles. The molecule has 2 rings (SSSR count). The Labute approximate surface area is 122 Å². The molecule has 6 nitrogen and oxygen atoms in total. The van der Waals surface area contributed by atoms with E-state index in [0.29, 0.717) is 11.0 Å². The average molecular weight is 314 g/mol. The highest BCUT2D eigenvalue weighted by molar-refractivity contribution is 7.90. The standard InChI is InChI=1S/C12H18N4O2S2/c1-20(17,18)6-2-3-11(13)15-8-4-5-9-10(7-8)19-12(14)16-9/h2-3,8H,4-7H2,1H3,(H2,13,15)(H2,14,16). The molecule has 1 aliphatic carbocycles. The predicted octanol–water partition coefficient (Wildman–Crippen LogP) is 0.541. The fourth-order valence-corrected chi connectivity index (χ4v) is 3.48. The summed E-state index contributed by atoms with van der Waals surface area (Å²) < 4.78 is 22.0. The summed E-state index contributed by atoms with van der Waals surface area (Å²) in [7, 11) is -3.01. The van der Waals surface area contributed by atoms with E-state index in [4.69, 9.17) is 11.5 Å². The predicted molar refractivity (Wildman–Crippen MR) is 82.8 cm³/mol. The number of sulfone groups is 1. The van der Waals surface area contributed by atoms with Crippen LogP contribution < -0.4 is 11.5 Å². The molecule has 0 amide bonds. The van der Waals surface area contributed by atoms with Gasteiger partial charge in [0.1, 0.15) is 5.84 Å². The molecule has 0 fully saturated rings. The topological polar surface area (TPSA) is 111 Å². The third-order valence-electron chi connectivity index (χ3n) is 2.95. The molecule has 1 aliphatic rings. The van der Waals surface area contributed by atoms with Gasteiger partial charge in [0.2, 0.25) is 0 Å². The van der Waals surface area contributed by atoms with Crippen molar-refractivity contribution in [2.75, 3.05) is 17.7 Å². The normalized spacial score (nSPS) is 20.2. The molecule has 4 N–H and O–H groups in total. The zero-order valence-electron chi connectivity index (χ0n) is 11.2. The third-order valence-corrected chi connectivity index (χ3v) is 4.70. The van der Waals surface area contributed by atoms with Crippen LogP contribution in [-0.4, -0.2) is 37.3 Å². The van der Waals surface area contributed by atoms with Crippen molar-refractivity contribution in [3.8, 4) is 0 Å². The summed E-state index contributed by atoms with van der Waals surface area (Å²) in [5.74, 6) is 0.336. The summed E-state index contributed by atoms with van der Waals surface area (Å²) in [6.45, 7) is 0. The third kappa shape index (κ3) is 4.31. The number of aliphatic imine (C=N–C) groups is 1. The quantitative estimate of drug-likeness (QED) is 0.622. The highest BCUT2D eigenvalue weighted by Gasteiger charge is 2.21. The smallest absolute Gasteiger partial charge is 0.180 e. The Morgan fingerprint density at radius 3 is 3.05 bits per heavy atom. The molecule has 0 bridgehead atoms. The summed E-state index contributed by atoms with van der Waals surface area (Å²) in [5, 5.41) is 0.598. The molecule has 0 aromatic carbocycles. The van der Waals surface area contributed by atoms with Crippen LogP contribution in [0.2, 0.25) is 0 Å². The van der Waals surface area contributed by atoms with E-state index < -0.39 is 9.84 Å². The molecule has 1 atom stereocenters. The number of anilines is 1. The Kier molecular flexibility index (Phi) is 4.44. The Morgan fingerprint density at radius 1 is 1.60 bits per heavy atom. The molecule has 0 radical (unpaired) electrons. The molecule has 20 heavy (non-hydrogen) atoms. The summed E-state index contributed by atoms with van der Waals surface area (Å²) >= 11 is 1.50. The number of hydrogen-bond donors (Lipinski definition) is 2. The summed E-state index contributed by atoms with van der Waals surface area (Å²) in [6, 6.07) is 0.116. The zero-order chi connectivity index (χ0) is 14.8.